The van der Waals surface area contributed by atoms with Crippen molar-refractivity contribution in [2.24, 2.45) is 0 Å². The molecule has 164 valence electrons. The lowest BCUT2D eigenvalue weighted by Crippen LogP contribution is -2.17. The van der Waals surface area contributed by atoms with E-state index in [1.54, 1.807) is 14.2 Å². The molecule has 0 aliphatic carbocycles. The van der Waals surface area contributed by atoms with Crippen LogP contribution in [-0.4, -0.2) is 28.3 Å². The molecule has 0 aliphatic heterocycles. The van der Waals surface area contributed by atoms with Crippen molar-refractivity contribution in [3.63, 3.8) is 0 Å². The average Bonchev–Trinajstić information content (AvgIpc) is 2.81. The van der Waals surface area contributed by atoms with Crippen molar-refractivity contribution in [3.05, 3.63) is 77.9 Å². The maximum atomic E-state index is 6.36. The van der Waals surface area contributed by atoms with Gasteiger partial charge in [0, 0.05) is 37.1 Å². The Kier molecular flexibility index (Phi) is 8.20. The van der Waals surface area contributed by atoms with E-state index in [1.165, 1.54) is 11.0 Å². The number of hydrogen-bond donors (Lipinski definition) is 0. The van der Waals surface area contributed by atoms with Gasteiger partial charge in [-0.3, -0.25) is 0 Å². The van der Waals surface area contributed by atoms with E-state index in [1.807, 2.05) is 24.3 Å². The van der Waals surface area contributed by atoms with Crippen LogP contribution in [0.15, 0.2) is 66.7 Å². The Bertz CT molecular complexity index is 976. The molecule has 0 aliphatic rings. The van der Waals surface area contributed by atoms with Crippen molar-refractivity contribution in [3.8, 4) is 17.2 Å². The van der Waals surface area contributed by atoms with Crippen LogP contribution in [-0.2, 0) is 6.61 Å². The number of benzene rings is 3. The van der Waals surface area contributed by atoms with E-state index in [-0.39, 0.29) is 5.66 Å². The van der Waals surface area contributed by atoms with E-state index >= 15 is 0 Å². The normalized spacial score (nSPS) is 12.0. The Morgan fingerprint density at radius 2 is 1.61 bits per heavy atom. The van der Waals surface area contributed by atoms with E-state index in [9.17, 15) is 0 Å². The molecule has 31 heavy (non-hydrogen) atoms. The molecular formula is C26H32NO3P. The quantitative estimate of drug-likeness (QED) is 0.375. The van der Waals surface area contributed by atoms with Gasteiger partial charge in [0.05, 0.1) is 14.2 Å². The van der Waals surface area contributed by atoms with Crippen molar-refractivity contribution in [2.75, 3.05) is 33.2 Å². The zero-order valence-electron chi connectivity index (χ0n) is 19.0. The van der Waals surface area contributed by atoms with Crippen LogP contribution in [0.4, 0.5) is 5.69 Å². The van der Waals surface area contributed by atoms with E-state index in [4.69, 9.17) is 14.2 Å². The molecule has 2 unspecified atom stereocenters. The predicted octanol–water partition coefficient (Wildman–Crippen LogP) is 5.80. The van der Waals surface area contributed by atoms with Gasteiger partial charge in [0.15, 0.2) is 11.5 Å². The summed E-state index contributed by atoms with van der Waals surface area (Å²) in [6, 6.07) is 22.8. The number of ether oxygens (including phenoxy) is 3. The molecule has 0 saturated heterocycles. The molecule has 0 saturated carbocycles. The Balaban J connectivity index is 2.00. The first-order valence-corrected chi connectivity index (χ1v) is 11.6. The van der Waals surface area contributed by atoms with Gasteiger partial charge in [-0.05, 0) is 29.4 Å². The molecule has 4 nitrogen and oxygen atoms in total. The zero-order valence-corrected chi connectivity index (χ0v) is 20.0. The Labute approximate surface area is 187 Å². The topological polar surface area (TPSA) is 30.9 Å². The van der Waals surface area contributed by atoms with Gasteiger partial charge in [-0.25, -0.2) is 0 Å². The van der Waals surface area contributed by atoms with E-state index < -0.39 is 0 Å². The third kappa shape index (κ3) is 5.71. The standard InChI is InChI=1S/C26H32NO3P/c1-6-24(31-25-15-11-10-14-22(25)27(2)3)21-16-20(28-4)17-23(29-5)26(21)30-18-19-12-8-7-9-13-19/h7-17,24,31H,6,18H2,1-5H3. The van der Waals surface area contributed by atoms with Crippen LogP contribution in [0, 0.1) is 0 Å². The van der Waals surface area contributed by atoms with Crippen LogP contribution in [0.1, 0.15) is 30.1 Å². The molecular weight excluding hydrogens is 405 g/mol. The summed E-state index contributed by atoms with van der Waals surface area (Å²) in [4.78, 5) is 2.17. The maximum absolute atomic E-state index is 6.36. The van der Waals surface area contributed by atoms with Crippen LogP contribution in [0.5, 0.6) is 17.2 Å². The average molecular weight is 438 g/mol. The Hall–Kier alpha value is -2.71. The van der Waals surface area contributed by atoms with Gasteiger partial charge < -0.3 is 19.1 Å². The molecule has 0 fully saturated rings. The summed E-state index contributed by atoms with van der Waals surface area (Å²) < 4.78 is 17.7. The fourth-order valence-electron chi connectivity index (χ4n) is 3.58. The van der Waals surface area contributed by atoms with Crippen molar-refractivity contribution >= 4 is 19.6 Å². The van der Waals surface area contributed by atoms with Crippen LogP contribution in [0.2, 0.25) is 0 Å². The summed E-state index contributed by atoms with van der Waals surface area (Å²) >= 11 is 0. The molecule has 0 radical (unpaired) electrons. The molecule has 0 spiro atoms. The highest BCUT2D eigenvalue weighted by atomic mass is 31.1. The lowest BCUT2D eigenvalue weighted by molar-refractivity contribution is 0.279. The van der Waals surface area contributed by atoms with Crippen LogP contribution >= 0.6 is 8.58 Å². The van der Waals surface area contributed by atoms with Gasteiger partial charge in [-0.15, -0.1) is 0 Å². The predicted molar refractivity (Wildman–Crippen MR) is 132 cm³/mol. The smallest absolute Gasteiger partial charge is 0.165 e. The Morgan fingerprint density at radius 3 is 2.26 bits per heavy atom. The number of hydrogen-bond acceptors (Lipinski definition) is 4. The molecule has 0 heterocycles. The second kappa shape index (κ2) is 11.1. The molecule has 0 bridgehead atoms. The fraction of sp³-hybridized carbons (Fsp3) is 0.308. The zero-order chi connectivity index (χ0) is 22.2. The summed E-state index contributed by atoms with van der Waals surface area (Å²) in [6.45, 7) is 2.72. The van der Waals surface area contributed by atoms with Crippen LogP contribution in [0.25, 0.3) is 0 Å². The highest BCUT2D eigenvalue weighted by Crippen LogP contribution is 2.47. The Morgan fingerprint density at radius 1 is 0.903 bits per heavy atom. The van der Waals surface area contributed by atoms with Gasteiger partial charge >= 0.3 is 0 Å². The molecule has 3 rings (SSSR count). The lowest BCUT2D eigenvalue weighted by atomic mass is 10.1. The van der Waals surface area contributed by atoms with Crippen LogP contribution in [0.3, 0.4) is 0 Å². The summed E-state index contributed by atoms with van der Waals surface area (Å²) in [5.41, 5.74) is 3.79. The van der Waals surface area contributed by atoms with E-state index in [0.29, 0.717) is 20.9 Å². The van der Waals surface area contributed by atoms with Crippen molar-refractivity contribution in [1.82, 2.24) is 0 Å². The second-order valence-electron chi connectivity index (χ2n) is 7.54. The first-order valence-electron chi connectivity index (χ1n) is 10.5. The van der Waals surface area contributed by atoms with E-state index in [0.717, 1.165) is 29.0 Å². The first-order chi connectivity index (χ1) is 15.1. The number of nitrogens with zero attached hydrogens (tertiary/aromatic N) is 1. The summed E-state index contributed by atoms with van der Waals surface area (Å²) in [6.07, 6.45) is 0.984. The minimum absolute atomic E-state index is 0.288. The third-order valence-corrected chi connectivity index (χ3v) is 7.04. The molecule has 0 amide bonds. The molecule has 2 atom stereocenters. The first kappa shape index (κ1) is 23.0. The highest BCUT2D eigenvalue weighted by molar-refractivity contribution is 7.48. The number of para-hydroxylation sites is 1. The minimum atomic E-state index is 0.288. The lowest BCUT2D eigenvalue weighted by Gasteiger charge is -2.25. The molecule has 0 aromatic heterocycles. The fourth-order valence-corrected chi connectivity index (χ4v) is 5.18. The van der Waals surface area contributed by atoms with Crippen molar-refractivity contribution in [1.29, 1.82) is 0 Å². The van der Waals surface area contributed by atoms with Gasteiger partial charge in [0.2, 0.25) is 0 Å². The molecule has 5 heteroatoms. The van der Waals surface area contributed by atoms with E-state index in [2.05, 4.69) is 68.4 Å². The maximum Gasteiger partial charge on any atom is 0.165 e. The number of methoxy groups -OCH3 is 2. The number of anilines is 1. The third-order valence-electron chi connectivity index (χ3n) is 5.24. The summed E-state index contributed by atoms with van der Waals surface area (Å²) in [5, 5.41) is 1.34. The van der Waals surface area contributed by atoms with Gasteiger partial charge in [0.25, 0.3) is 0 Å². The summed E-state index contributed by atoms with van der Waals surface area (Å²) in [5.74, 6) is 2.28. The molecule has 0 N–H and O–H groups in total. The van der Waals surface area contributed by atoms with Crippen molar-refractivity contribution in [2.45, 2.75) is 25.6 Å². The minimum Gasteiger partial charge on any atom is -0.497 e. The summed E-state index contributed by atoms with van der Waals surface area (Å²) in [7, 11) is 8.14. The van der Waals surface area contributed by atoms with Crippen molar-refractivity contribution < 1.29 is 14.2 Å². The SMILES string of the molecule is CCC(Pc1ccccc1N(C)C)c1cc(OC)cc(OC)c1OCc1ccccc1. The van der Waals surface area contributed by atoms with Crippen LogP contribution < -0.4 is 24.4 Å². The molecule has 3 aromatic carbocycles. The van der Waals surface area contributed by atoms with Gasteiger partial charge in [-0.2, -0.15) is 0 Å². The monoisotopic (exact) mass is 437 g/mol. The number of rotatable bonds is 10. The molecule has 3 aromatic rings. The van der Waals surface area contributed by atoms with Gasteiger partial charge in [-0.1, -0.05) is 64.0 Å². The van der Waals surface area contributed by atoms with Gasteiger partial charge in [0.1, 0.15) is 12.4 Å². The second-order valence-corrected chi connectivity index (χ2v) is 9.06. The largest absolute Gasteiger partial charge is 0.497 e. The highest BCUT2D eigenvalue weighted by Gasteiger charge is 2.22.